The number of H-pyrrole nitrogens is 1. The Morgan fingerprint density at radius 1 is 1.21 bits per heavy atom. The van der Waals surface area contributed by atoms with Crippen LogP contribution in [0.25, 0.3) is 22.2 Å². The number of benzene rings is 1. The zero-order chi connectivity index (χ0) is 27.9. The molecule has 1 fully saturated rings. The molecule has 1 aliphatic rings. The molecule has 1 aliphatic heterocycles. The highest BCUT2D eigenvalue weighted by molar-refractivity contribution is 6.01. The van der Waals surface area contributed by atoms with Crippen LogP contribution in [-0.4, -0.2) is 52.5 Å². The van der Waals surface area contributed by atoms with E-state index in [-0.39, 0.29) is 45.2 Å². The van der Waals surface area contributed by atoms with Gasteiger partial charge in [0.1, 0.15) is 5.56 Å². The lowest BCUT2D eigenvalue weighted by Gasteiger charge is -2.36. The Morgan fingerprint density at radius 3 is 2.55 bits per heavy atom. The molecule has 0 bridgehead atoms. The van der Waals surface area contributed by atoms with Crippen molar-refractivity contribution in [3.05, 3.63) is 35.7 Å². The van der Waals surface area contributed by atoms with E-state index in [1.165, 1.54) is 18.3 Å². The summed E-state index contributed by atoms with van der Waals surface area (Å²) in [5, 5.41) is 8.68. The first kappa shape index (κ1) is 27.5. The Hall–Kier alpha value is -3.55. The lowest BCUT2D eigenvalue weighted by molar-refractivity contribution is -0.137. The Bertz CT molecular complexity index is 1320. The van der Waals surface area contributed by atoms with Gasteiger partial charge in [0.2, 0.25) is 5.95 Å². The van der Waals surface area contributed by atoms with E-state index < -0.39 is 36.1 Å². The molecule has 0 aliphatic carbocycles. The average molecular weight is 545 g/mol. The number of aromatic amines is 1. The number of carbonyl (C=O) groups is 1. The van der Waals surface area contributed by atoms with Crippen LogP contribution in [0.5, 0.6) is 0 Å². The fourth-order valence-corrected chi connectivity index (χ4v) is 4.41. The molecule has 8 nitrogen and oxygen atoms in total. The Kier molecular flexibility index (Phi) is 7.21. The number of alkyl halides is 6. The molecule has 1 aromatic carbocycles. The topological polar surface area (TPSA) is 104 Å². The smallest absolute Gasteiger partial charge is 0.419 e. The maximum atomic E-state index is 13.9. The fraction of sp³-hybridized carbons (Fsp3) is 0.458. The second-order valence-corrected chi connectivity index (χ2v) is 9.72. The zero-order valence-electron chi connectivity index (χ0n) is 20.7. The van der Waals surface area contributed by atoms with E-state index in [2.05, 4.69) is 35.6 Å². The number of carbonyl (C=O) groups excluding carboxylic acids is 1. The quantitative estimate of drug-likeness (QED) is 0.300. The van der Waals surface area contributed by atoms with Gasteiger partial charge in [-0.2, -0.15) is 26.3 Å². The molecule has 206 valence electrons. The minimum absolute atomic E-state index is 0.0339. The molecule has 2 aromatic heterocycles. The summed E-state index contributed by atoms with van der Waals surface area (Å²) in [5.74, 6) is -0.0339. The number of ether oxygens (including phenoxy) is 1. The van der Waals surface area contributed by atoms with Gasteiger partial charge >= 0.3 is 18.4 Å². The van der Waals surface area contributed by atoms with E-state index in [1.54, 1.807) is 0 Å². The van der Waals surface area contributed by atoms with Crippen molar-refractivity contribution in [3.8, 4) is 11.3 Å². The molecule has 14 heteroatoms. The minimum atomic E-state index is -4.82. The van der Waals surface area contributed by atoms with Crippen molar-refractivity contribution < 1.29 is 35.9 Å². The standard InChI is InChI=1S/C24H26F6N6O2/c1-22(2)7-6-12(9-33-22)34-20-32-11-16(24(28,29)30)19(36-20)15-10-31-18-13(15)4-5-17(35-21(37)38-3)14(18)8-23(25,26)27/h4-5,10-12,31,33H,6-9H2,1-3H3,(H,35,37)(H,32,34,36)/t12-/m0/s1. The first-order chi connectivity index (χ1) is 17.7. The fourth-order valence-electron chi connectivity index (χ4n) is 4.41. The second kappa shape index (κ2) is 9.97. The predicted molar refractivity (Wildman–Crippen MR) is 129 cm³/mol. The zero-order valence-corrected chi connectivity index (χ0v) is 20.7. The number of aromatic nitrogens is 3. The van der Waals surface area contributed by atoms with E-state index in [1.807, 2.05) is 13.8 Å². The van der Waals surface area contributed by atoms with Crippen LogP contribution >= 0.6 is 0 Å². The molecule has 3 aromatic rings. The monoisotopic (exact) mass is 544 g/mol. The summed E-state index contributed by atoms with van der Waals surface area (Å²) in [5.41, 5.74) is -2.39. The molecule has 1 amide bonds. The van der Waals surface area contributed by atoms with Gasteiger partial charge in [0.05, 0.1) is 24.7 Å². The van der Waals surface area contributed by atoms with Crippen molar-refractivity contribution in [2.45, 2.75) is 57.0 Å². The van der Waals surface area contributed by atoms with Crippen LogP contribution < -0.4 is 16.0 Å². The summed E-state index contributed by atoms with van der Waals surface area (Å²) >= 11 is 0. The van der Waals surface area contributed by atoms with Crippen LogP contribution in [0.15, 0.2) is 24.5 Å². The number of hydrogen-bond acceptors (Lipinski definition) is 6. The number of amides is 1. The van der Waals surface area contributed by atoms with Gasteiger partial charge in [-0.25, -0.2) is 14.8 Å². The minimum Gasteiger partial charge on any atom is -0.453 e. The first-order valence-corrected chi connectivity index (χ1v) is 11.7. The van der Waals surface area contributed by atoms with Crippen molar-refractivity contribution in [3.63, 3.8) is 0 Å². The lowest BCUT2D eigenvalue weighted by Crippen LogP contribution is -2.50. The van der Waals surface area contributed by atoms with E-state index in [9.17, 15) is 31.1 Å². The van der Waals surface area contributed by atoms with Crippen molar-refractivity contribution in [1.29, 1.82) is 0 Å². The predicted octanol–water partition coefficient (Wildman–Crippen LogP) is 5.87. The molecule has 3 heterocycles. The molecule has 0 unspecified atom stereocenters. The van der Waals surface area contributed by atoms with E-state index in [0.717, 1.165) is 20.0 Å². The van der Waals surface area contributed by atoms with Crippen molar-refractivity contribution in [2.75, 3.05) is 24.3 Å². The van der Waals surface area contributed by atoms with Gasteiger partial charge in [-0.1, -0.05) is 6.07 Å². The number of rotatable bonds is 5. The van der Waals surface area contributed by atoms with E-state index >= 15 is 0 Å². The highest BCUT2D eigenvalue weighted by atomic mass is 19.4. The molecule has 4 N–H and O–H groups in total. The van der Waals surface area contributed by atoms with Crippen molar-refractivity contribution in [2.24, 2.45) is 0 Å². The van der Waals surface area contributed by atoms with Crippen LogP contribution in [0.2, 0.25) is 0 Å². The van der Waals surface area contributed by atoms with Gasteiger partial charge in [-0.3, -0.25) is 5.32 Å². The van der Waals surface area contributed by atoms with Gasteiger partial charge < -0.3 is 20.4 Å². The Morgan fingerprint density at radius 2 is 1.95 bits per heavy atom. The summed E-state index contributed by atoms with van der Waals surface area (Å²) in [6, 6.07) is 2.37. The van der Waals surface area contributed by atoms with Crippen LogP contribution in [-0.2, 0) is 17.3 Å². The number of piperidine rings is 1. The summed E-state index contributed by atoms with van der Waals surface area (Å²) in [6.07, 6.45) is -8.55. The number of hydrogen-bond donors (Lipinski definition) is 4. The van der Waals surface area contributed by atoms with E-state index in [4.69, 9.17) is 0 Å². The Labute approximate surface area is 213 Å². The van der Waals surface area contributed by atoms with Gasteiger partial charge in [0, 0.05) is 52.7 Å². The Balaban J connectivity index is 1.79. The maximum Gasteiger partial charge on any atom is 0.419 e. The third kappa shape index (κ3) is 6.11. The van der Waals surface area contributed by atoms with Crippen LogP contribution in [0.1, 0.15) is 37.8 Å². The van der Waals surface area contributed by atoms with Gasteiger partial charge in [0.25, 0.3) is 0 Å². The highest BCUT2D eigenvalue weighted by Gasteiger charge is 2.37. The third-order valence-corrected chi connectivity index (χ3v) is 6.39. The largest absolute Gasteiger partial charge is 0.453 e. The normalized spacial score (nSPS) is 17.9. The van der Waals surface area contributed by atoms with Gasteiger partial charge in [-0.05, 0) is 32.8 Å². The molecule has 0 spiro atoms. The number of anilines is 2. The molecular weight excluding hydrogens is 518 g/mol. The number of fused-ring (bicyclic) bond motifs is 1. The molecule has 0 saturated carbocycles. The van der Waals surface area contributed by atoms with Gasteiger partial charge in [-0.15, -0.1) is 0 Å². The van der Waals surface area contributed by atoms with Gasteiger partial charge in [0.15, 0.2) is 0 Å². The number of halogens is 6. The van der Waals surface area contributed by atoms with Crippen molar-refractivity contribution in [1.82, 2.24) is 20.3 Å². The maximum absolute atomic E-state index is 13.9. The molecule has 1 atom stereocenters. The SMILES string of the molecule is COC(=O)Nc1ccc2c(-c3nc(N[C@H]4CCC(C)(C)NC4)ncc3C(F)(F)F)c[nH]c2c1CC(F)(F)F. The van der Waals surface area contributed by atoms with Crippen LogP contribution in [0.4, 0.5) is 42.8 Å². The van der Waals surface area contributed by atoms with Crippen LogP contribution in [0, 0.1) is 0 Å². The third-order valence-electron chi connectivity index (χ3n) is 6.39. The summed E-state index contributed by atoms with van der Waals surface area (Å²) in [6.45, 7) is 4.65. The number of nitrogens with zero attached hydrogens (tertiary/aromatic N) is 2. The van der Waals surface area contributed by atoms with E-state index in [0.29, 0.717) is 12.7 Å². The number of methoxy groups -OCH3 is 1. The molecule has 1 saturated heterocycles. The first-order valence-electron chi connectivity index (χ1n) is 11.7. The molecule has 0 radical (unpaired) electrons. The van der Waals surface area contributed by atoms with Crippen molar-refractivity contribution >= 4 is 28.6 Å². The highest BCUT2D eigenvalue weighted by Crippen LogP contribution is 2.41. The molecular formula is C24H26F6N6O2. The summed E-state index contributed by atoms with van der Waals surface area (Å²) < 4.78 is 86.5. The summed E-state index contributed by atoms with van der Waals surface area (Å²) in [4.78, 5) is 22.3. The average Bonchev–Trinajstić information content (AvgIpc) is 3.25. The lowest BCUT2D eigenvalue weighted by atomic mass is 9.91. The molecule has 4 rings (SSSR count). The second-order valence-electron chi connectivity index (χ2n) is 9.72. The molecule has 38 heavy (non-hydrogen) atoms. The van der Waals surface area contributed by atoms with Crippen LogP contribution in [0.3, 0.4) is 0 Å². The number of nitrogens with one attached hydrogen (secondary N) is 4. The summed E-state index contributed by atoms with van der Waals surface area (Å²) in [7, 11) is 1.05.